The molecular formula is C15H16Cl2S. The number of benzene rings is 2. The van der Waals surface area contributed by atoms with Crippen LogP contribution in [0.3, 0.4) is 0 Å². The van der Waals surface area contributed by atoms with Crippen molar-refractivity contribution in [3.8, 4) is 0 Å². The monoisotopic (exact) mass is 298 g/mol. The van der Waals surface area contributed by atoms with Crippen molar-refractivity contribution < 1.29 is 0 Å². The zero-order valence-electron chi connectivity index (χ0n) is 10.4. The Kier molecular flexibility index (Phi) is 5.58. The van der Waals surface area contributed by atoms with Gasteiger partial charge >= 0.3 is 0 Å². The van der Waals surface area contributed by atoms with Gasteiger partial charge in [-0.15, -0.1) is 0 Å². The molecule has 2 rings (SSSR count). The van der Waals surface area contributed by atoms with Crippen molar-refractivity contribution in [1.82, 2.24) is 0 Å². The molecule has 0 nitrogen and oxygen atoms in total. The average molecular weight is 299 g/mol. The topological polar surface area (TPSA) is 0 Å². The maximum atomic E-state index is 6.29. The minimum Gasteiger partial charge on any atom is -0.197 e. The van der Waals surface area contributed by atoms with E-state index in [0.29, 0.717) is 0 Å². The standard InChI is InChI=1S/C15H14Cl2.H2S/c1-10-7-11(2)14(15(17)8-10)9-12-3-5-13(16)6-4-12;/h3-8H,9H2,1-2H3;1H2. The van der Waals surface area contributed by atoms with Gasteiger partial charge in [-0.3, -0.25) is 0 Å². The van der Waals surface area contributed by atoms with Crippen molar-refractivity contribution in [2.24, 2.45) is 0 Å². The fourth-order valence-corrected chi connectivity index (χ4v) is 2.49. The van der Waals surface area contributed by atoms with Crippen molar-refractivity contribution in [1.29, 1.82) is 0 Å². The number of rotatable bonds is 2. The van der Waals surface area contributed by atoms with Gasteiger partial charge in [0.2, 0.25) is 0 Å². The molecule has 0 unspecified atom stereocenters. The van der Waals surface area contributed by atoms with Gasteiger partial charge in [0, 0.05) is 10.0 Å². The second kappa shape index (κ2) is 6.51. The van der Waals surface area contributed by atoms with E-state index in [9.17, 15) is 0 Å². The molecule has 0 heterocycles. The Bertz CT molecular complexity index is 510. The molecule has 0 spiro atoms. The molecule has 0 fully saturated rings. The molecule has 0 amide bonds. The first-order valence-corrected chi connectivity index (χ1v) is 6.32. The van der Waals surface area contributed by atoms with E-state index in [2.05, 4.69) is 19.9 Å². The third kappa shape index (κ3) is 3.68. The van der Waals surface area contributed by atoms with E-state index in [-0.39, 0.29) is 13.5 Å². The first-order valence-electron chi connectivity index (χ1n) is 5.56. The molecule has 18 heavy (non-hydrogen) atoms. The van der Waals surface area contributed by atoms with Gasteiger partial charge in [0.25, 0.3) is 0 Å². The van der Waals surface area contributed by atoms with Crippen LogP contribution in [0.5, 0.6) is 0 Å². The largest absolute Gasteiger partial charge is 0.197 e. The summed E-state index contributed by atoms with van der Waals surface area (Å²) in [5.74, 6) is 0. The number of hydrogen-bond donors (Lipinski definition) is 0. The van der Waals surface area contributed by atoms with Gasteiger partial charge in [-0.2, -0.15) is 13.5 Å². The molecule has 0 bridgehead atoms. The van der Waals surface area contributed by atoms with Crippen LogP contribution in [0.4, 0.5) is 0 Å². The predicted octanol–water partition coefficient (Wildman–Crippen LogP) is 5.31. The van der Waals surface area contributed by atoms with Crippen LogP contribution in [-0.4, -0.2) is 0 Å². The molecule has 96 valence electrons. The van der Waals surface area contributed by atoms with Gasteiger partial charge in [0.15, 0.2) is 0 Å². The van der Waals surface area contributed by atoms with Gasteiger partial charge in [-0.05, 0) is 60.7 Å². The number of halogens is 2. The molecule has 2 aromatic rings. The van der Waals surface area contributed by atoms with Crippen molar-refractivity contribution in [3.63, 3.8) is 0 Å². The van der Waals surface area contributed by atoms with Crippen LogP contribution in [0, 0.1) is 13.8 Å². The molecular weight excluding hydrogens is 283 g/mol. The second-order valence-electron chi connectivity index (χ2n) is 4.35. The summed E-state index contributed by atoms with van der Waals surface area (Å²) < 4.78 is 0. The van der Waals surface area contributed by atoms with Gasteiger partial charge < -0.3 is 0 Å². The summed E-state index contributed by atoms with van der Waals surface area (Å²) in [5, 5.41) is 1.61. The van der Waals surface area contributed by atoms with Gasteiger partial charge in [-0.1, -0.05) is 41.4 Å². The molecule has 0 aliphatic rings. The Morgan fingerprint density at radius 1 is 0.944 bits per heavy atom. The normalized spacial score (nSPS) is 10.0. The van der Waals surface area contributed by atoms with Gasteiger partial charge in [0.1, 0.15) is 0 Å². The number of aryl methyl sites for hydroxylation is 2. The van der Waals surface area contributed by atoms with Crippen molar-refractivity contribution in [3.05, 3.63) is 68.7 Å². The average Bonchev–Trinajstić information content (AvgIpc) is 2.26. The third-order valence-corrected chi connectivity index (χ3v) is 3.45. The van der Waals surface area contributed by atoms with Crippen LogP contribution >= 0.6 is 36.7 Å². The highest BCUT2D eigenvalue weighted by atomic mass is 35.5. The lowest BCUT2D eigenvalue weighted by atomic mass is 9.99. The third-order valence-electron chi connectivity index (χ3n) is 2.86. The van der Waals surface area contributed by atoms with E-state index in [1.165, 1.54) is 22.3 Å². The maximum Gasteiger partial charge on any atom is 0.0446 e. The zero-order chi connectivity index (χ0) is 12.4. The fourth-order valence-electron chi connectivity index (χ4n) is 1.98. The molecule has 0 aliphatic carbocycles. The lowest BCUT2D eigenvalue weighted by molar-refractivity contribution is 1.15. The summed E-state index contributed by atoms with van der Waals surface area (Å²) in [7, 11) is 0. The molecule has 0 atom stereocenters. The minimum absolute atomic E-state index is 0. The Morgan fingerprint density at radius 2 is 1.56 bits per heavy atom. The zero-order valence-corrected chi connectivity index (χ0v) is 12.9. The van der Waals surface area contributed by atoms with Crippen molar-refractivity contribution in [2.75, 3.05) is 0 Å². The van der Waals surface area contributed by atoms with Gasteiger partial charge in [-0.25, -0.2) is 0 Å². The Morgan fingerprint density at radius 3 is 2.11 bits per heavy atom. The lowest BCUT2D eigenvalue weighted by Crippen LogP contribution is -1.94. The van der Waals surface area contributed by atoms with Crippen LogP contribution in [0.1, 0.15) is 22.3 Å². The fraction of sp³-hybridized carbons (Fsp3) is 0.200. The van der Waals surface area contributed by atoms with Gasteiger partial charge in [0.05, 0.1) is 0 Å². The SMILES string of the molecule is Cc1cc(C)c(Cc2ccc(Cl)cc2)c(Cl)c1.S. The van der Waals surface area contributed by atoms with Crippen LogP contribution < -0.4 is 0 Å². The van der Waals surface area contributed by atoms with E-state index in [1.54, 1.807) is 0 Å². The van der Waals surface area contributed by atoms with E-state index in [1.807, 2.05) is 30.3 Å². The molecule has 0 N–H and O–H groups in total. The van der Waals surface area contributed by atoms with Crippen LogP contribution in [0.25, 0.3) is 0 Å². The highest BCUT2D eigenvalue weighted by Gasteiger charge is 2.06. The maximum absolute atomic E-state index is 6.29. The van der Waals surface area contributed by atoms with E-state index >= 15 is 0 Å². The first-order chi connectivity index (χ1) is 8.06. The summed E-state index contributed by atoms with van der Waals surface area (Å²) in [6.07, 6.45) is 0.849. The molecule has 0 saturated heterocycles. The first kappa shape index (κ1) is 15.4. The Balaban J connectivity index is 0.00000162. The van der Waals surface area contributed by atoms with E-state index in [0.717, 1.165) is 16.5 Å². The minimum atomic E-state index is 0. The highest BCUT2D eigenvalue weighted by molar-refractivity contribution is 7.59. The van der Waals surface area contributed by atoms with Crippen LogP contribution in [0.15, 0.2) is 36.4 Å². The molecule has 0 radical (unpaired) electrons. The number of hydrogen-bond acceptors (Lipinski definition) is 0. The van der Waals surface area contributed by atoms with Crippen LogP contribution in [0.2, 0.25) is 10.0 Å². The summed E-state index contributed by atoms with van der Waals surface area (Å²) in [5.41, 5.74) is 4.86. The molecule has 0 aliphatic heterocycles. The summed E-state index contributed by atoms with van der Waals surface area (Å²) in [6.45, 7) is 4.16. The summed E-state index contributed by atoms with van der Waals surface area (Å²) >= 11 is 12.2. The molecule has 3 heteroatoms. The summed E-state index contributed by atoms with van der Waals surface area (Å²) in [4.78, 5) is 0. The Hall–Kier alpha value is -0.630. The second-order valence-corrected chi connectivity index (χ2v) is 5.19. The molecule has 0 saturated carbocycles. The molecule has 2 aromatic carbocycles. The van der Waals surface area contributed by atoms with Crippen molar-refractivity contribution >= 4 is 36.7 Å². The van der Waals surface area contributed by atoms with Crippen molar-refractivity contribution in [2.45, 2.75) is 20.3 Å². The Labute approximate surface area is 125 Å². The van der Waals surface area contributed by atoms with Crippen LogP contribution in [-0.2, 0) is 6.42 Å². The van der Waals surface area contributed by atoms with E-state index in [4.69, 9.17) is 23.2 Å². The summed E-state index contributed by atoms with van der Waals surface area (Å²) in [6, 6.07) is 12.1. The molecule has 0 aromatic heterocycles. The lowest BCUT2D eigenvalue weighted by Gasteiger charge is -2.10. The quantitative estimate of drug-likeness (QED) is 0.704. The predicted molar refractivity (Wildman–Crippen MR) is 85.6 cm³/mol. The van der Waals surface area contributed by atoms with E-state index < -0.39 is 0 Å². The smallest absolute Gasteiger partial charge is 0.0446 e. The highest BCUT2D eigenvalue weighted by Crippen LogP contribution is 2.25.